The second kappa shape index (κ2) is 9.95. The number of nitrogens with zero attached hydrogens (tertiary/aromatic N) is 4. The number of carbonyl (C=O) groups excluding carboxylic acids is 1. The van der Waals surface area contributed by atoms with Crippen LogP contribution in [0.4, 0.5) is 4.39 Å². The lowest BCUT2D eigenvalue weighted by Crippen LogP contribution is -2.28. The Bertz CT molecular complexity index is 1030. The molecule has 158 valence electrons. The van der Waals surface area contributed by atoms with Gasteiger partial charge in [0.2, 0.25) is 5.91 Å². The number of rotatable bonds is 8. The number of methoxy groups -OCH3 is 1. The van der Waals surface area contributed by atoms with Crippen LogP contribution in [-0.4, -0.2) is 45.5 Å². The number of ether oxygens (including phenoxy) is 1. The van der Waals surface area contributed by atoms with Gasteiger partial charge < -0.3 is 14.2 Å². The van der Waals surface area contributed by atoms with Crippen LogP contribution in [-0.2, 0) is 17.9 Å². The minimum Gasteiger partial charge on any atom is -0.494 e. The van der Waals surface area contributed by atoms with E-state index in [4.69, 9.17) is 16.3 Å². The predicted octanol–water partition coefficient (Wildman–Crippen LogP) is 4.52. The van der Waals surface area contributed by atoms with E-state index >= 15 is 0 Å². The number of carbonyl (C=O) groups is 1. The lowest BCUT2D eigenvalue weighted by atomic mass is 10.2. The SMILES string of the molecule is CCn1c(SCC(=O)N(C)Cc2ccc(OC)c(F)c2)nnc1-c1ccc(Cl)cc1. The molecule has 0 aliphatic rings. The molecule has 9 heteroatoms. The summed E-state index contributed by atoms with van der Waals surface area (Å²) in [6.07, 6.45) is 0. The third-order valence-electron chi connectivity index (χ3n) is 4.52. The Hall–Kier alpha value is -2.58. The summed E-state index contributed by atoms with van der Waals surface area (Å²) in [5.41, 5.74) is 1.60. The highest BCUT2D eigenvalue weighted by atomic mass is 35.5. The topological polar surface area (TPSA) is 60.2 Å². The zero-order valence-electron chi connectivity index (χ0n) is 16.9. The molecule has 1 heterocycles. The quantitative estimate of drug-likeness (QED) is 0.474. The first-order valence-corrected chi connectivity index (χ1v) is 10.7. The Labute approximate surface area is 184 Å². The molecule has 1 aromatic heterocycles. The molecular formula is C21H22ClFN4O2S. The minimum atomic E-state index is -0.448. The average Bonchev–Trinajstić information content (AvgIpc) is 3.15. The molecule has 3 rings (SSSR count). The fourth-order valence-electron chi connectivity index (χ4n) is 2.90. The highest BCUT2D eigenvalue weighted by Crippen LogP contribution is 2.25. The lowest BCUT2D eigenvalue weighted by molar-refractivity contribution is -0.127. The van der Waals surface area contributed by atoms with Crippen molar-refractivity contribution in [2.45, 2.75) is 25.2 Å². The minimum absolute atomic E-state index is 0.0880. The van der Waals surface area contributed by atoms with Crippen molar-refractivity contribution in [3.05, 3.63) is 58.9 Å². The van der Waals surface area contributed by atoms with Crippen LogP contribution in [0.2, 0.25) is 5.02 Å². The van der Waals surface area contributed by atoms with Crippen molar-refractivity contribution >= 4 is 29.3 Å². The van der Waals surface area contributed by atoms with E-state index in [2.05, 4.69) is 10.2 Å². The van der Waals surface area contributed by atoms with E-state index in [9.17, 15) is 9.18 Å². The smallest absolute Gasteiger partial charge is 0.233 e. The molecule has 30 heavy (non-hydrogen) atoms. The highest BCUT2D eigenvalue weighted by Gasteiger charge is 2.17. The summed E-state index contributed by atoms with van der Waals surface area (Å²) in [7, 11) is 3.10. The summed E-state index contributed by atoms with van der Waals surface area (Å²) >= 11 is 7.28. The zero-order chi connectivity index (χ0) is 21.7. The van der Waals surface area contributed by atoms with Crippen LogP contribution < -0.4 is 4.74 Å². The van der Waals surface area contributed by atoms with Crippen molar-refractivity contribution in [1.82, 2.24) is 19.7 Å². The molecule has 0 saturated carbocycles. The molecule has 0 aliphatic carbocycles. The molecular weight excluding hydrogens is 427 g/mol. The summed E-state index contributed by atoms with van der Waals surface area (Å²) < 4.78 is 20.7. The van der Waals surface area contributed by atoms with Gasteiger partial charge in [0.1, 0.15) is 0 Å². The molecule has 6 nitrogen and oxygen atoms in total. The third kappa shape index (κ3) is 5.12. The molecule has 0 spiro atoms. The zero-order valence-corrected chi connectivity index (χ0v) is 18.5. The Balaban J connectivity index is 1.64. The third-order valence-corrected chi connectivity index (χ3v) is 5.73. The average molecular weight is 449 g/mol. The first-order chi connectivity index (χ1) is 14.4. The van der Waals surface area contributed by atoms with Crippen LogP contribution in [0.25, 0.3) is 11.4 Å². The largest absolute Gasteiger partial charge is 0.494 e. The van der Waals surface area contributed by atoms with E-state index in [-0.39, 0.29) is 17.4 Å². The van der Waals surface area contributed by atoms with Gasteiger partial charge in [-0.25, -0.2) is 4.39 Å². The second-order valence-electron chi connectivity index (χ2n) is 6.56. The van der Waals surface area contributed by atoms with E-state index in [0.717, 1.165) is 11.4 Å². The molecule has 0 radical (unpaired) electrons. The maximum atomic E-state index is 13.9. The predicted molar refractivity (Wildman–Crippen MR) is 116 cm³/mol. The van der Waals surface area contributed by atoms with Crippen LogP contribution in [0.15, 0.2) is 47.6 Å². The molecule has 0 unspecified atom stereocenters. The van der Waals surface area contributed by atoms with Crippen molar-refractivity contribution in [3.63, 3.8) is 0 Å². The number of halogens is 2. The van der Waals surface area contributed by atoms with Gasteiger partial charge in [0, 0.05) is 30.7 Å². The maximum absolute atomic E-state index is 13.9. The van der Waals surface area contributed by atoms with Gasteiger partial charge in [-0.2, -0.15) is 0 Å². The number of hydrogen-bond acceptors (Lipinski definition) is 5. The van der Waals surface area contributed by atoms with E-state index < -0.39 is 5.82 Å². The van der Waals surface area contributed by atoms with Crippen molar-refractivity contribution < 1.29 is 13.9 Å². The molecule has 0 bridgehead atoms. The van der Waals surface area contributed by atoms with Crippen molar-refractivity contribution in [2.75, 3.05) is 19.9 Å². The number of amides is 1. The Morgan fingerprint density at radius 2 is 1.97 bits per heavy atom. The number of aromatic nitrogens is 3. The van der Waals surface area contributed by atoms with Crippen molar-refractivity contribution in [3.8, 4) is 17.1 Å². The maximum Gasteiger partial charge on any atom is 0.233 e. The van der Waals surface area contributed by atoms with E-state index in [1.54, 1.807) is 36.2 Å². The fraction of sp³-hybridized carbons (Fsp3) is 0.286. The fourth-order valence-corrected chi connectivity index (χ4v) is 3.97. The van der Waals surface area contributed by atoms with Gasteiger partial charge in [-0.1, -0.05) is 29.4 Å². The van der Waals surface area contributed by atoms with Gasteiger partial charge in [0.05, 0.1) is 12.9 Å². The Morgan fingerprint density at radius 3 is 2.60 bits per heavy atom. The normalized spacial score (nSPS) is 10.8. The van der Waals surface area contributed by atoms with E-state index in [0.29, 0.717) is 28.8 Å². The van der Waals surface area contributed by atoms with Gasteiger partial charge in [-0.05, 0) is 48.9 Å². The summed E-state index contributed by atoms with van der Waals surface area (Å²) in [5, 5.41) is 9.83. The summed E-state index contributed by atoms with van der Waals surface area (Å²) in [6.45, 7) is 2.97. The van der Waals surface area contributed by atoms with Crippen LogP contribution in [0.3, 0.4) is 0 Å². The van der Waals surface area contributed by atoms with Crippen LogP contribution in [0.1, 0.15) is 12.5 Å². The van der Waals surface area contributed by atoms with Gasteiger partial charge in [-0.3, -0.25) is 4.79 Å². The molecule has 3 aromatic rings. The first-order valence-electron chi connectivity index (χ1n) is 9.31. The lowest BCUT2D eigenvalue weighted by Gasteiger charge is -2.17. The van der Waals surface area contributed by atoms with Crippen molar-refractivity contribution in [1.29, 1.82) is 0 Å². The molecule has 0 N–H and O–H groups in total. The van der Waals surface area contributed by atoms with Gasteiger partial charge >= 0.3 is 0 Å². The van der Waals surface area contributed by atoms with Crippen LogP contribution in [0, 0.1) is 5.82 Å². The van der Waals surface area contributed by atoms with Gasteiger partial charge in [0.15, 0.2) is 22.5 Å². The monoisotopic (exact) mass is 448 g/mol. The first kappa shape index (κ1) is 22.1. The van der Waals surface area contributed by atoms with Gasteiger partial charge in [-0.15, -0.1) is 10.2 Å². The molecule has 0 saturated heterocycles. The Morgan fingerprint density at radius 1 is 1.23 bits per heavy atom. The molecule has 0 fully saturated rings. The molecule has 0 aliphatic heterocycles. The standard InChI is InChI=1S/C21H22ClFN4O2S/c1-4-27-20(15-6-8-16(22)9-7-15)24-25-21(27)30-13-19(28)26(2)12-14-5-10-18(29-3)17(23)11-14/h5-11H,4,12-13H2,1-3H3. The van der Waals surface area contributed by atoms with E-state index in [1.165, 1.54) is 24.9 Å². The van der Waals surface area contributed by atoms with Crippen LogP contribution >= 0.6 is 23.4 Å². The molecule has 2 aromatic carbocycles. The summed E-state index contributed by atoms with van der Waals surface area (Å²) in [6, 6.07) is 12.1. The van der Waals surface area contributed by atoms with E-state index in [1.807, 2.05) is 23.6 Å². The van der Waals surface area contributed by atoms with Crippen LogP contribution in [0.5, 0.6) is 5.75 Å². The molecule has 1 amide bonds. The number of thioether (sulfide) groups is 1. The number of hydrogen-bond donors (Lipinski definition) is 0. The summed E-state index contributed by atoms with van der Waals surface area (Å²) in [4.78, 5) is 14.1. The molecule has 0 atom stereocenters. The van der Waals surface area contributed by atoms with Crippen molar-refractivity contribution in [2.24, 2.45) is 0 Å². The van der Waals surface area contributed by atoms with Gasteiger partial charge in [0.25, 0.3) is 0 Å². The number of benzene rings is 2. The second-order valence-corrected chi connectivity index (χ2v) is 7.94. The Kier molecular flexibility index (Phi) is 7.33. The summed E-state index contributed by atoms with van der Waals surface area (Å²) in [5.74, 6) is 0.573. The highest BCUT2D eigenvalue weighted by molar-refractivity contribution is 7.99.